The maximum atomic E-state index is 12.8. The number of thioether (sulfide) groups is 1. The Labute approximate surface area is 143 Å². The van der Waals surface area contributed by atoms with Gasteiger partial charge in [-0.15, -0.1) is 11.3 Å². The molecule has 0 bridgehead atoms. The number of nitrogens with zero attached hydrogens (tertiary/aromatic N) is 2. The molecule has 118 valence electrons. The van der Waals surface area contributed by atoms with Gasteiger partial charge >= 0.3 is 0 Å². The third-order valence-corrected chi connectivity index (χ3v) is 4.88. The molecule has 0 fully saturated rings. The molecule has 0 saturated heterocycles. The predicted molar refractivity (Wildman–Crippen MR) is 98.3 cm³/mol. The quantitative estimate of drug-likeness (QED) is 0.779. The van der Waals surface area contributed by atoms with Gasteiger partial charge in [0.25, 0.3) is 5.91 Å². The zero-order valence-electron chi connectivity index (χ0n) is 12.9. The number of rotatable bonds is 4. The van der Waals surface area contributed by atoms with E-state index in [2.05, 4.69) is 4.99 Å². The third kappa shape index (κ3) is 3.33. The van der Waals surface area contributed by atoms with Crippen LogP contribution in [-0.4, -0.2) is 23.9 Å². The Morgan fingerprint density at radius 2 is 2.22 bits per heavy atom. The second-order valence-corrected chi connectivity index (χ2v) is 6.92. The summed E-state index contributed by atoms with van der Waals surface area (Å²) < 4.78 is 5.26. The van der Waals surface area contributed by atoms with Gasteiger partial charge in [-0.25, -0.2) is 4.99 Å². The van der Waals surface area contributed by atoms with Crippen molar-refractivity contribution < 1.29 is 9.53 Å². The van der Waals surface area contributed by atoms with Gasteiger partial charge in [0.1, 0.15) is 11.4 Å². The van der Waals surface area contributed by atoms with Crippen LogP contribution in [0.15, 0.2) is 52.5 Å². The molecule has 0 saturated carbocycles. The molecule has 1 aliphatic heterocycles. The largest absolute Gasteiger partial charge is 0.497 e. The molecule has 2 heterocycles. The van der Waals surface area contributed by atoms with E-state index in [4.69, 9.17) is 4.74 Å². The first-order valence-corrected chi connectivity index (χ1v) is 9.04. The van der Waals surface area contributed by atoms with Crippen LogP contribution in [0.1, 0.15) is 11.8 Å². The third-order valence-electron chi connectivity index (χ3n) is 3.24. The number of aliphatic imine (C=N–C) groups is 1. The lowest BCUT2D eigenvalue weighted by Gasteiger charge is -2.18. The minimum Gasteiger partial charge on any atom is -0.497 e. The lowest BCUT2D eigenvalue weighted by atomic mass is 10.2. The van der Waals surface area contributed by atoms with Crippen molar-refractivity contribution in [3.8, 4) is 5.75 Å². The van der Waals surface area contributed by atoms with E-state index in [1.54, 1.807) is 35.1 Å². The average Bonchev–Trinajstić information content (AvgIpc) is 3.17. The van der Waals surface area contributed by atoms with Crippen LogP contribution < -0.4 is 9.64 Å². The lowest BCUT2D eigenvalue weighted by molar-refractivity contribution is -0.113. The Kier molecular flexibility index (Phi) is 4.83. The fourth-order valence-electron chi connectivity index (χ4n) is 2.21. The number of carbonyl (C=O) groups excluding carboxylic acids is 1. The number of benzene rings is 1. The van der Waals surface area contributed by atoms with Crippen LogP contribution in [0.25, 0.3) is 6.08 Å². The van der Waals surface area contributed by atoms with E-state index in [1.165, 1.54) is 0 Å². The number of amidine groups is 1. The van der Waals surface area contributed by atoms with Gasteiger partial charge in [0.05, 0.1) is 12.8 Å². The maximum absolute atomic E-state index is 12.8. The highest BCUT2D eigenvalue weighted by Crippen LogP contribution is 2.31. The molecule has 23 heavy (non-hydrogen) atoms. The van der Waals surface area contributed by atoms with E-state index in [0.717, 1.165) is 16.3 Å². The molecular formula is C17H16N2O2S2. The molecule has 6 heteroatoms. The van der Waals surface area contributed by atoms with Gasteiger partial charge in [-0.05, 0) is 35.4 Å². The highest BCUT2D eigenvalue weighted by Gasteiger charge is 2.31. The first-order valence-electron chi connectivity index (χ1n) is 7.18. The Bertz CT molecular complexity index is 767. The molecule has 1 aliphatic rings. The fourth-order valence-corrected chi connectivity index (χ4v) is 3.60. The standard InChI is InChI=1S/C17H16N2O2S2/c1-3-22-17-18-15(11-14-8-5-9-23-14)16(20)19(17)12-6-4-7-13(10-12)21-2/h4-11H,3H2,1-2H3. The van der Waals surface area contributed by atoms with Crippen LogP contribution in [0.4, 0.5) is 5.69 Å². The van der Waals surface area contributed by atoms with Crippen molar-refractivity contribution in [3.63, 3.8) is 0 Å². The molecular weight excluding hydrogens is 328 g/mol. The number of hydrogen-bond acceptors (Lipinski definition) is 5. The number of hydrogen-bond donors (Lipinski definition) is 0. The summed E-state index contributed by atoms with van der Waals surface area (Å²) in [6.45, 7) is 2.04. The number of amides is 1. The smallest absolute Gasteiger partial charge is 0.283 e. The zero-order chi connectivity index (χ0) is 16.2. The van der Waals surface area contributed by atoms with E-state index in [1.807, 2.05) is 54.8 Å². The van der Waals surface area contributed by atoms with Crippen LogP contribution in [-0.2, 0) is 4.79 Å². The van der Waals surface area contributed by atoms with Gasteiger partial charge in [-0.3, -0.25) is 9.69 Å². The molecule has 1 amide bonds. The van der Waals surface area contributed by atoms with Crippen molar-refractivity contribution in [2.24, 2.45) is 4.99 Å². The highest BCUT2D eigenvalue weighted by molar-refractivity contribution is 8.14. The number of ether oxygens (including phenoxy) is 1. The molecule has 0 atom stereocenters. The first-order chi connectivity index (χ1) is 11.2. The molecule has 0 aliphatic carbocycles. The van der Waals surface area contributed by atoms with Gasteiger partial charge in [0, 0.05) is 10.9 Å². The van der Waals surface area contributed by atoms with Crippen molar-refractivity contribution in [2.75, 3.05) is 17.8 Å². The van der Waals surface area contributed by atoms with Crippen molar-refractivity contribution in [1.29, 1.82) is 0 Å². The minimum atomic E-state index is -0.109. The summed E-state index contributed by atoms with van der Waals surface area (Å²) in [6.07, 6.45) is 1.84. The number of anilines is 1. The molecule has 0 N–H and O–H groups in total. The van der Waals surface area contributed by atoms with Crippen molar-refractivity contribution in [3.05, 3.63) is 52.4 Å². The Morgan fingerprint density at radius 3 is 2.91 bits per heavy atom. The monoisotopic (exact) mass is 344 g/mol. The second-order valence-electron chi connectivity index (χ2n) is 4.71. The average molecular weight is 344 g/mol. The summed E-state index contributed by atoms with van der Waals surface area (Å²) in [5.41, 5.74) is 1.23. The summed E-state index contributed by atoms with van der Waals surface area (Å²) in [7, 11) is 1.61. The van der Waals surface area contributed by atoms with Gasteiger partial charge < -0.3 is 4.74 Å². The normalized spacial score (nSPS) is 16.1. The summed E-state index contributed by atoms with van der Waals surface area (Å²) in [5.74, 6) is 1.45. The van der Waals surface area contributed by atoms with E-state index >= 15 is 0 Å². The first kappa shape index (κ1) is 15.8. The number of thiophene rings is 1. The molecule has 0 radical (unpaired) electrons. The van der Waals surface area contributed by atoms with E-state index in [0.29, 0.717) is 16.6 Å². The van der Waals surface area contributed by atoms with E-state index < -0.39 is 0 Å². The van der Waals surface area contributed by atoms with Crippen molar-refractivity contribution >= 4 is 45.9 Å². The Hall–Kier alpha value is -2.05. The molecule has 3 rings (SSSR count). The summed E-state index contributed by atoms with van der Waals surface area (Å²) in [6, 6.07) is 11.4. The number of carbonyl (C=O) groups is 1. The van der Waals surface area contributed by atoms with Gasteiger partial charge in [0.15, 0.2) is 5.17 Å². The van der Waals surface area contributed by atoms with Crippen LogP contribution in [0.2, 0.25) is 0 Å². The molecule has 4 nitrogen and oxygen atoms in total. The fraction of sp³-hybridized carbons (Fsp3) is 0.176. The highest BCUT2D eigenvalue weighted by atomic mass is 32.2. The van der Waals surface area contributed by atoms with Gasteiger partial charge in [0.2, 0.25) is 0 Å². The van der Waals surface area contributed by atoms with Gasteiger partial charge in [-0.1, -0.05) is 30.8 Å². The van der Waals surface area contributed by atoms with Crippen molar-refractivity contribution in [2.45, 2.75) is 6.92 Å². The van der Waals surface area contributed by atoms with Crippen molar-refractivity contribution in [1.82, 2.24) is 0 Å². The molecule has 0 unspecified atom stereocenters. The Morgan fingerprint density at radius 1 is 1.35 bits per heavy atom. The topological polar surface area (TPSA) is 41.9 Å². The second kappa shape index (κ2) is 7.02. The molecule has 1 aromatic carbocycles. The van der Waals surface area contributed by atoms with Crippen LogP contribution in [0.3, 0.4) is 0 Å². The molecule has 1 aromatic heterocycles. The predicted octanol–water partition coefficient (Wildman–Crippen LogP) is 4.25. The van der Waals surface area contributed by atoms with Crippen LogP contribution >= 0.6 is 23.1 Å². The molecule has 2 aromatic rings. The lowest BCUT2D eigenvalue weighted by Crippen LogP contribution is -2.30. The van der Waals surface area contributed by atoms with E-state index in [9.17, 15) is 4.79 Å². The Balaban J connectivity index is 1.99. The maximum Gasteiger partial charge on any atom is 0.283 e. The summed E-state index contributed by atoms with van der Waals surface area (Å²) in [4.78, 5) is 20.0. The SMILES string of the molecule is CCSC1=NC(=Cc2cccs2)C(=O)N1c1cccc(OC)c1. The minimum absolute atomic E-state index is 0.109. The number of methoxy groups -OCH3 is 1. The summed E-state index contributed by atoms with van der Waals surface area (Å²) in [5, 5.41) is 2.69. The van der Waals surface area contributed by atoms with Crippen LogP contribution in [0, 0.1) is 0 Å². The van der Waals surface area contributed by atoms with E-state index in [-0.39, 0.29) is 5.91 Å². The van der Waals surface area contributed by atoms with Gasteiger partial charge in [-0.2, -0.15) is 0 Å². The molecule has 0 spiro atoms. The summed E-state index contributed by atoms with van der Waals surface area (Å²) >= 11 is 3.14. The zero-order valence-corrected chi connectivity index (χ0v) is 14.5. The van der Waals surface area contributed by atoms with Crippen LogP contribution in [0.5, 0.6) is 5.75 Å².